The van der Waals surface area contributed by atoms with Crippen LogP contribution in [0.3, 0.4) is 0 Å². The first-order chi connectivity index (χ1) is 9.40. The van der Waals surface area contributed by atoms with Gasteiger partial charge < -0.3 is 0 Å². The van der Waals surface area contributed by atoms with Gasteiger partial charge in [0.2, 0.25) is 0 Å². The van der Waals surface area contributed by atoms with Gasteiger partial charge in [-0.2, -0.15) is 10.9 Å². The van der Waals surface area contributed by atoms with Gasteiger partial charge in [-0.25, -0.2) is 0 Å². The largest absolute Gasteiger partial charge is 0.186 e. The molecular formula is C18H26S. The van der Waals surface area contributed by atoms with E-state index < -0.39 is 0 Å². The molecule has 0 radical (unpaired) electrons. The molecule has 0 N–H and O–H groups in total. The minimum absolute atomic E-state index is 0.137. The fourth-order valence-electron chi connectivity index (χ4n) is 2.45. The van der Waals surface area contributed by atoms with E-state index in [1.807, 2.05) is 0 Å². The van der Waals surface area contributed by atoms with Crippen LogP contribution in [-0.2, 0) is 6.42 Å². The van der Waals surface area contributed by atoms with Crippen molar-refractivity contribution in [2.24, 2.45) is 0 Å². The first-order valence-electron chi connectivity index (χ1n) is 7.62. The van der Waals surface area contributed by atoms with Crippen LogP contribution in [0.5, 0.6) is 0 Å². The van der Waals surface area contributed by atoms with Gasteiger partial charge >= 0.3 is 0 Å². The number of hydrogen-bond acceptors (Lipinski definition) is 0. The first-order valence-corrected chi connectivity index (χ1v) is 9.10. The predicted octanol–water partition coefficient (Wildman–Crippen LogP) is 5.99. The van der Waals surface area contributed by atoms with Gasteiger partial charge in [-0.3, -0.25) is 0 Å². The van der Waals surface area contributed by atoms with Gasteiger partial charge in [0.15, 0.2) is 0 Å². The Morgan fingerprint density at radius 2 is 1.42 bits per heavy atom. The van der Waals surface area contributed by atoms with Crippen LogP contribution in [0, 0.1) is 0 Å². The van der Waals surface area contributed by atoms with Crippen molar-refractivity contribution < 1.29 is 0 Å². The molecule has 0 bridgehead atoms. The number of allylic oxidation sites excluding steroid dienone is 2. The van der Waals surface area contributed by atoms with Gasteiger partial charge in [-0.05, 0) is 46.2 Å². The summed E-state index contributed by atoms with van der Waals surface area (Å²) in [6, 6.07) is 9.28. The van der Waals surface area contributed by atoms with E-state index in [0.29, 0.717) is 0 Å². The van der Waals surface area contributed by atoms with Crippen LogP contribution in [0.25, 0.3) is 0 Å². The maximum atomic E-state index is 2.32. The van der Waals surface area contributed by atoms with Crippen LogP contribution < -0.4 is 0 Å². The molecule has 1 aliphatic rings. The molecule has 0 spiro atoms. The third-order valence-electron chi connectivity index (χ3n) is 3.66. The lowest BCUT2D eigenvalue weighted by Gasteiger charge is -2.11. The molecule has 104 valence electrons. The average molecular weight is 274 g/mol. The molecule has 1 heteroatoms. The van der Waals surface area contributed by atoms with Crippen molar-refractivity contribution in [1.29, 1.82) is 0 Å². The molecule has 0 nitrogen and oxygen atoms in total. The van der Waals surface area contributed by atoms with E-state index in [4.69, 9.17) is 0 Å². The second-order valence-electron chi connectivity index (χ2n) is 5.27. The Balaban J connectivity index is 1.70. The summed E-state index contributed by atoms with van der Waals surface area (Å²) in [5, 5.41) is 4.64. The highest BCUT2D eigenvalue weighted by Crippen LogP contribution is 2.41. The summed E-state index contributed by atoms with van der Waals surface area (Å²) in [5.41, 5.74) is 1.50. The maximum absolute atomic E-state index is 2.32. The van der Waals surface area contributed by atoms with Crippen LogP contribution in [0.4, 0.5) is 0 Å². The Hall–Kier alpha value is -0.950. The molecule has 0 saturated heterocycles. The fraction of sp³-hybridized carbons (Fsp3) is 0.444. The van der Waals surface area contributed by atoms with Crippen molar-refractivity contribution >= 4 is 10.9 Å². The van der Waals surface area contributed by atoms with Crippen molar-refractivity contribution in [2.75, 3.05) is 0 Å². The zero-order chi connectivity index (χ0) is 13.3. The molecule has 2 rings (SSSR count). The third-order valence-corrected chi connectivity index (χ3v) is 5.54. The van der Waals surface area contributed by atoms with E-state index in [-0.39, 0.29) is 10.9 Å². The maximum Gasteiger partial charge on any atom is -0.00550 e. The van der Waals surface area contributed by atoms with Crippen LogP contribution >= 0.6 is 10.9 Å². The highest BCUT2D eigenvalue weighted by molar-refractivity contribution is 8.22. The third kappa shape index (κ3) is 4.91. The molecule has 19 heavy (non-hydrogen) atoms. The van der Waals surface area contributed by atoms with E-state index in [9.17, 15) is 0 Å². The molecule has 0 aliphatic carbocycles. The van der Waals surface area contributed by atoms with E-state index in [1.54, 1.807) is 0 Å². The molecule has 1 aromatic carbocycles. The second-order valence-corrected chi connectivity index (χ2v) is 7.20. The molecular weight excluding hydrogens is 248 g/mol. The normalized spacial score (nSPS) is 15.3. The molecule has 1 heterocycles. The van der Waals surface area contributed by atoms with Gasteiger partial charge in [0, 0.05) is 0 Å². The second kappa shape index (κ2) is 8.27. The standard InChI is InChI=1S/C18H26S/c1-2-3-4-5-6-7-10-17-11-13-18(14-12-17)19-15-8-9-16-19/h8-9,11-16,19H,2-7,10H2,1H3. The summed E-state index contributed by atoms with van der Waals surface area (Å²) in [5.74, 6) is 0. The first kappa shape index (κ1) is 14.5. The Morgan fingerprint density at radius 1 is 0.789 bits per heavy atom. The Morgan fingerprint density at radius 3 is 2.11 bits per heavy atom. The summed E-state index contributed by atoms with van der Waals surface area (Å²) in [4.78, 5) is 1.48. The van der Waals surface area contributed by atoms with Gasteiger partial charge in [0.1, 0.15) is 0 Å². The summed E-state index contributed by atoms with van der Waals surface area (Å²) in [7, 11) is -0.137. The van der Waals surface area contributed by atoms with Crippen LogP contribution in [0.15, 0.2) is 52.1 Å². The minimum Gasteiger partial charge on any atom is -0.186 e. The lowest BCUT2D eigenvalue weighted by atomic mass is 10.1. The van der Waals surface area contributed by atoms with E-state index in [1.165, 1.54) is 55.4 Å². The molecule has 0 saturated carbocycles. The SMILES string of the molecule is CCCCCCCCc1ccc([SH]2C=CC=C2)cc1. The summed E-state index contributed by atoms with van der Waals surface area (Å²) in [6.07, 6.45) is 13.9. The highest BCUT2D eigenvalue weighted by atomic mass is 32.2. The van der Waals surface area contributed by atoms with Crippen LogP contribution in [0.2, 0.25) is 0 Å². The van der Waals surface area contributed by atoms with Gasteiger partial charge in [-0.15, -0.1) is 0 Å². The highest BCUT2D eigenvalue weighted by Gasteiger charge is 2.02. The van der Waals surface area contributed by atoms with Crippen molar-refractivity contribution in [2.45, 2.75) is 56.8 Å². The predicted molar refractivity (Wildman–Crippen MR) is 89.1 cm³/mol. The number of benzene rings is 1. The Kier molecular flexibility index (Phi) is 6.29. The van der Waals surface area contributed by atoms with E-state index >= 15 is 0 Å². The van der Waals surface area contributed by atoms with E-state index in [2.05, 4.69) is 54.2 Å². The average Bonchev–Trinajstić information content (AvgIpc) is 2.97. The number of aryl methyl sites for hydroxylation is 1. The molecule has 0 amide bonds. The Bertz CT molecular complexity index is 402. The zero-order valence-corrected chi connectivity index (χ0v) is 12.9. The van der Waals surface area contributed by atoms with Gasteiger partial charge in [0.05, 0.1) is 0 Å². The number of hydrogen-bond donors (Lipinski definition) is 1. The summed E-state index contributed by atoms with van der Waals surface area (Å²) < 4.78 is 0. The Labute approximate surface area is 121 Å². The molecule has 0 fully saturated rings. The molecule has 0 unspecified atom stereocenters. The molecule has 1 aliphatic heterocycles. The zero-order valence-electron chi connectivity index (χ0n) is 12.0. The number of thiol groups is 1. The van der Waals surface area contributed by atoms with Crippen LogP contribution in [-0.4, -0.2) is 0 Å². The number of rotatable bonds is 8. The summed E-state index contributed by atoms with van der Waals surface area (Å²) >= 11 is 0. The van der Waals surface area contributed by atoms with E-state index in [0.717, 1.165) is 0 Å². The lowest BCUT2D eigenvalue weighted by Crippen LogP contribution is -1.87. The lowest BCUT2D eigenvalue weighted by molar-refractivity contribution is 0.607. The fourth-order valence-corrected chi connectivity index (χ4v) is 3.96. The van der Waals surface area contributed by atoms with Crippen molar-refractivity contribution in [3.63, 3.8) is 0 Å². The van der Waals surface area contributed by atoms with Crippen molar-refractivity contribution in [3.8, 4) is 0 Å². The smallest absolute Gasteiger partial charge is 0.00550 e. The van der Waals surface area contributed by atoms with Gasteiger partial charge in [0.25, 0.3) is 0 Å². The van der Waals surface area contributed by atoms with Crippen molar-refractivity contribution in [1.82, 2.24) is 0 Å². The quantitative estimate of drug-likeness (QED) is 0.437. The molecule has 0 atom stereocenters. The monoisotopic (exact) mass is 274 g/mol. The van der Waals surface area contributed by atoms with Crippen LogP contribution in [0.1, 0.15) is 51.0 Å². The number of unbranched alkanes of at least 4 members (excludes halogenated alkanes) is 5. The topological polar surface area (TPSA) is 0 Å². The minimum atomic E-state index is -0.137. The summed E-state index contributed by atoms with van der Waals surface area (Å²) in [6.45, 7) is 2.28. The van der Waals surface area contributed by atoms with Gasteiger partial charge in [-0.1, -0.05) is 63.3 Å². The molecule has 0 aromatic heterocycles. The molecule has 1 aromatic rings. The van der Waals surface area contributed by atoms with Crippen molar-refractivity contribution in [3.05, 3.63) is 52.8 Å².